The summed E-state index contributed by atoms with van der Waals surface area (Å²) in [7, 11) is 1.59. The number of amides is 2. The monoisotopic (exact) mass is 436 g/mol. The highest BCUT2D eigenvalue weighted by Gasteiger charge is 2.26. The zero-order valence-corrected chi connectivity index (χ0v) is 18.8. The second-order valence-electron chi connectivity index (χ2n) is 8.65. The van der Waals surface area contributed by atoms with Gasteiger partial charge < -0.3 is 19.3 Å². The van der Waals surface area contributed by atoms with Gasteiger partial charge in [-0.05, 0) is 68.5 Å². The summed E-state index contributed by atoms with van der Waals surface area (Å²) in [6.45, 7) is 3.67. The number of para-hydroxylation sites is 1. The number of hydrogen-bond donors (Lipinski definition) is 0. The molecule has 2 saturated heterocycles. The van der Waals surface area contributed by atoms with Crippen LogP contribution in [0.1, 0.15) is 52.8 Å². The van der Waals surface area contributed by atoms with Crippen LogP contribution in [0.25, 0.3) is 0 Å². The maximum absolute atomic E-state index is 13.0. The highest BCUT2D eigenvalue weighted by molar-refractivity contribution is 5.97. The SMILES string of the molecule is COc1ccccc1C(=O)N1CCC[C@H](COc2ccc(C(=O)N3CCCCC3)cc2)C1. The van der Waals surface area contributed by atoms with Crippen molar-refractivity contribution in [3.8, 4) is 11.5 Å². The molecular formula is C26H32N2O4. The highest BCUT2D eigenvalue weighted by Crippen LogP contribution is 2.24. The summed E-state index contributed by atoms with van der Waals surface area (Å²) >= 11 is 0. The van der Waals surface area contributed by atoms with Gasteiger partial charge in [-0.2, -0.15) is 0 Å². The van der Waals surface area contributed by atoms with E-state index in [1.165, 1.54) is 6.42 Å². The molecule has 2 fully saturated rings. The fraction of sp³-hybridized carbons (Fsp3) is 0.462. The van der Waals surface area contributed by atoms with Gasteiger partial charge in [0, 0.05) is 37.7 Å². The molecule has 0 saturated carbocycles. The molecule has 2 aromatic carbocycles. The molecule has 32 heavy (non-hydrogen) atoms. The van der Waals surface area contributed by atoms with Crippen LogP contribution in [0.5, 0.6) is 11.5 Å². The molecule has 2 aliphatic rings. The molecule has 0 aromatic heterocycles. The van der Waals surface area contributed by atoms with Crippen molar-refractivity contribution >= 4 is 11.8 Å². The first-order valence-electron chi connectivity index (χ1n) is 11.6. The number of likely N-dealkylation sites (tertiary alicyclic amines) is 2. The standard InChI is InChI=1S/C26H32N2O4/c1-31-24-10-4-3-9-23(24)26(30)28-17-7-8-20(18-28)19-32-22-13-11-21(12-14-22)25(29)27-15-5-2-6-16-27/h3-4,9-14,20H,2,5-8,15-19H2,1H3/t20-/m0/s1. The number of hydrogen-bond acceptors (Lipinski definition) is 4. The Balaban J connectivity index is 1.31. The van der Waals surface area contributed by atoms with Gasteiger partial charge in [0.1, 0.15) is 11.5 Å². The second-order valence-corrected chi connectivity index (χ2v) is 8.65. The lowest BCUT2D eigenvalue weighted by Crippen LogP contribution is -2.41. The summed E-state index contributed by atoms with van der Waals surface area (Å²) in [6, 6.07) is 14.8. The lowest BCUT2D eigenvalue weighted by Gasteiger charge is -2.33. The fourth-order valence-corrected chi connectivity index (χ4v) is 4.56. The molecule has 4 rings (SSSR count). The molecule has 6 heteroatoms. The van der Waals surface area contributed by atoms with Crippen LogP contribution in [-0.4, -0.2) is 61.5 Å². The predicted octanol–water partition coefficient (Wildman–Crippen LogP) is 4.25. The molecular weight excluding hydrogens is 404 g/mol. The molecule has 0 spiro atoms. The summed E-state index contributed by atoms with van der Waals surface area (Å²) in [4.78, 5) is 29.5. The Morgan fingerprint density at radius 2 is 1.59 bits per heavy atom. The molecule has 2 amide bonds. The Kier molecular flexibility index (Phi) is 7.30. The van der Waals surface area contributed by atoms with E-state index in [9.17, 15) is 9.59 Å². The van der Waals surface area contributed by atoms with Crippen molar-refractivity contribution in [2.24, 2.45) is 5.92 Å². The Hall–Kier alpha value is -3.02. The van der Waals surface area contributed by atoms with Crippen molar-refractivity contribution in [3.63, 3.8) is 0 Å². The molecule has 0 N–H and O–H groups in total. The van der Waals surface area contributed by atoms with E-state index < -0.39 is 0 Å². The van der Waals surface area contributed by atoms with Crippen LogP contribution in [0.3, 0.4) is 0 Å². The Labute approximate surface area is 190 Å². The number of carbonyl (C=O) groups is 2. The number of methoxy groups -OCH3 is 1. The largest absolute Gasteiger partial charge is 0.496 e. The molecule has 0 unspecified atom stereocenters. The Morgan fingerprint density at radius 3 is 2.34 bits per heavy atom. The van der Waals surface area contributed by atoms with Gasteiger partial charge in [-0.3, -0.25) is 9.59 Å². The minimum absolute atomic E-state index is 0.00716. The van der Waals surface area contributed by atoms with E-state index in [2.05, 4.69) is 0 Å². The van der Waals surface area contributed by atoms with Gasteiger partial charge in [0.15, 0.2) is 0 Å². The van der Waals surface area contributed by atoms with E-state index in [-0.39, 0.29) is 17.7 Å². The quantitative estimate of drug-likeness (QED) is 0.679. The fourth-order valence-electron chi connectivity index (χ4n) is 4.56. The van der Waals surface area contributed by atoms with Crippen LogP contribution in [0.2, 0.25) is 0 Å². The molecule has 2 aromatic rings. The van der Waals surface area contributed by atoms with Crippen molar-refractivity contribution in [3.05, 3.63) is 59.7 Å². The van der Waals surface area contributed by atoms with Crippen molar-refractivity contribution in [1.82, 2.24) is 9.80 Å². The summed E-state index contributed by atoms with van der Waals surface area (Å²) in [6.07, 6.45) is 5.37. The maximum atomic E-state index is 13.0. The maximum Gasteiger partial charge on any atom is 0.257 e. The van der Waals surface area contributed by atoms with Crippen molar-refractivity contribution < 1.29 is 19.1 Å². The second kappa shape index (κ2) is 10.5. The van der Waals surface area contributed by atoms with Gasteiger partial charge >= 0.3 is 0 Å². The molecule has 170 valence electrons. The number of piperidine rings is 2. The minimum atomic E-state index is 0.00716. The van der Waals surface area contributed by atoms with Crippen LogP contribution in [0.15, 0.2) is 48.5 Å². The summed E-state index contributed by atoms with van der Waals surface area (Å²) < 4.78 is 11.4. The zero-order valence-electron chi connectivity index (χ0n) is 18.8. The molecule has 1 atom stereocenters. The lowest BCUT2D eigenvalue weighted by molar-refractivity contribution is 0.0630. The average molecular weight is 437 g/mol. The van der Waals surface area contributed by atoms with Gasteiger partial charge in [0.05, 0.1) is 19.3 Å². The number of rotatable bonds is 6. The van der Waals surface area contributed by atoms with Crippen LogP contribution in [-0.2, 0) is 0 Å². The molecule has 0 aliphatic carbocycles. The number of carbonyl (C=O) groups excluding carboxylic acids is 2. The van der Waals surface area contributed by atoms with Gasteiger partial charge in [-0.25, -0.2) is 0 Å². The summed E-state index contributed by atoms with van der Waals surface area (Å²) in [5, 5.41) is 0. The number of nitrogens with zero attached hydrogens (tertiary/aromatic N) is 2. The molecule has 2 heterocycles. The van der Waals surface area contributed by atoms with Crippen molar-refractivity contribution in [2.45, 2.75) is 32.1 Å². The first-order valence-corrected chi connectivity index (χ1v) is 11.6. The number of benzene rings is 2. The van der Waals surface area contributed by atoms with Gasteiger partial charge in [-0.15, -0.1) is 0 Å². The van der Waals surface area contributed by atoms with E-state index in [1.54, 1.807) is 7.11 Å². The van der Waals surface area contributed by atoms with Crippen molar-refractivity contribution in [1.29, 1.82) is 0 Å². The van der Waals surface area contributed by atoms with Crippen LogP contribution in [0.4, 0.5) is 0 Å². The third-order valence-corrected chi connectivity index (χ3v) is 6.37. The van der Waals surface area contributed by atoms with E-state index in [0.717, 1.165) is 51.1 Å². The van der Waals surface area contributed by atoms with E-state index in [4.69, 9.17) is 9.47 Å². The van der Waals surface area contributed by atoms with Gasteiger partial charge in [0.25, 0.3) is 11.8 Å². The molecule has 2 aliphatic heterocycles. The third-order valence-electron chi connectivity index (χ3n) is 6.37. The zero-order chi connectivity index (χ0) is 22.3. The first kappa shape index (κ1) is 22.2. The van der Waals surface area contributed by atoms with E-state index in [1.807, 2.05) is 58.3 Å². The van der Waals surface area contributed by atoms with E-state index >= 15 is 0 Å². The normalized spacial score (nSPS) is 18.8. The first-order chi connectivity index (χ1) is 15.7. The summed E-state index contributed by atoms with van der Waals surface area (Å²) in [5.41, 5.74) is 1.32. The minimum Gasteiger partial charge on any atom is -0.496 e. The van der Waals surface area contributed by atoms with Crippen molar-refractivity contribution in [2.75, 3.05) is 39.9 Å². The topological polar surface area (TPSA) is 59.1 Å². The smallest absolute Gasteiger partial charge is 0.257 e. The predicted molar refractivity (Wildman–Crippen MR) is 123 cm³/mol. The lowest BCUT2D eigenvalue weighted by atomic mass is 9.98. The Bertz CT molecular complexity index is 922. The van der Waals surface area contributed by atoms with Gasteiger partial charge in [-0.1, -0.05) is 12.1 Å². The Morgan fingerprint density at radius 1 is 0.875 bits per heavy atom. The highest BCUT2D eigenvalue weighted by atomic mass is 16.5. The van der Waals surface area contributed by atoms with E-state index in [0.29, 0.717) is 30.0 Å². The molecule has 6 nitrogen and oxygen atoms in total. The van der Waals surface area contributed by atoms with Crippen LogP contribution < -0.4 is 9.47 Å². The molecule has 0 bridgehead atoms. The third kappa shape index (κ3) is 5.23. The number of ether oxygens (including phenoxy) is 2. The van der Waals surface area contributed by atoms with Gasteiger partial charge in [0.2, 0.25) is 0 Å². The van der Waals surface area contributed by atoms with Crippen LogP contribution >= 0.6 is 0 Å². The molecule has 0 radical (unpaired) electrons. The summed E-state index contributed by atoms with van der Waals surface area (Å²) in [5.74, 6) is 1.75. The van der Waals surface area contributed by atoms with Crippen LogP contribution in [0, 0.1) is 5.92 Å². The average Bonchev–Trinajstić information content (AvgIpc) is 2.87.